The Morgan fingerprint density at radius 2 is 1.88 bits per heavy atom. The van der Waals surface area contributed by atoms with Gasteiger partial charge in [-0.2, -0.15) is 0 Å². The Kier molecular flexibility index (Phi) is 5.01. The minimum atomic E-state index is -3.86. The summed E-state index contributed by atoms with van der Waals surface area (Å²) in [6, 6.07) is 9.43. The smallest absolute Gasteiger partial charge is 0.262 e. The Bertz CT molecular complexity index is 960. The number of hydrogen-bond donors (Lipinski definition) is 2. The summed E-state index contributed by atoms with van der Waals surface area (Å²) in [5, 5.41) is 2.51. The molecule has 0 bridgehead atoms. The molecule has 0 aliphatic carbocycles. The minimum Gasteiger partial charge on any atom is -0.497 e. The van der Waals surface area contributed by atoms with Crippen LogP contribution in [0.4, 0.5) is 11.4 Å². The van der Waals surface area contributed by atoms with Gasteiger partial charge in [0.1, 0.15) is 11.5 Å². The third-order valence-electron chi connectivity index (χ3n) is 3.85. The zero-order valence-electron chi connectivity index (χ0n) is 14.4. The normalized spacial score (nSPS) is 16.4. The van der Waals surface area contributed by atoms with Gasteiger partial charge in [0.25, 0.3) is 10.0 Å². The lowest BCUT2D eigenvalue weighted by atomic mass is 10.3. The summed E-state index contributed by atoms with van der Waals surface area (Å²) in [7, 11) is -0.905. The molecule has 1 aliphatic rings. The number of rotatable bonds is 5. The second-order valence-corrected chi connectivity index (χ2v) is 8.64. The van der Waals surface area contributed by atoms with Crippen molar-refractivity contribution in [2.45, 2.75) is 22.0 Å². The molecule has 26 heavy (non-hydrogen) atoms. The van der Waals surface area contributed by atoms with E-state index in [4.69, 9.17) is 9.47 Å². The molecule has 9 heteroatoms. The topological polar surface area (TPSA) is 93.7 Å². The molecule has 0 radical (unpaired) electrons. The molecule has 0 fully saturated rings. The molecule has 1 heterocycles. The summed E-state index contributed by atoms with van der Waals surface area (Å²) in [4.78, 5) is 12.7. The van der Waals surface area contributed by atoms with E-state index in [1.165, 1.54) is 38.1 Å². The monoisotopic (exact) mass is 394 g/mol. The van der Waals surface area contributed by atoms with Gasteiger partial charge in [0.2, 0.25) is 5.91 Å². The van der Waals surface area contributed by atoms with Crippen LogP contribution in [0.2, 0.25) is 0 Å². The van der Waals surface area contributed by atoms with Crippen LogP contribution in [-0.4, -0.2) is 33.8 Å². The van der Waals surface area contributed by atoms with Crippen LogP contribution in [0.1, 0.15) is 6.92 Å². The molecule has 0 saturated heterocycles. The van der Waals surface area contributed by atoms with Gasteiger partial charge in [0.15, 0.2) is 0 Å². The van der Waals surface area contributed by atoms with E-state index in [2.05, 4.69) is 10.0 Å². The SMILES string of the molecule is COc1ccc(NS(=O)(=O)c2ccc3c(c2)NC(=O)C(C)S3)c(OC)c1. The molecular weight excluding hydrogens is 376 g/mol. The maximum atomic E-state index is 12.7. The average Bonchev–Trinajstić information content (AvgIpc) is 2.62. The van der Waals surface area contributed by atoms with Crippen LogP contribution in [0.25, 0.3) is 0 Å². The van der Waals surface area contributed by atoms with Crippen molar-refractivity contribution >= 4 is 39.1 Å². The van der Waals surface area contributed by atoms with Crippen molar-refractivity contribution in [1.82, 2.24) is 0 Å². The number of nitrogens with one attached hydrogen (secondary N) is 2. The molecule has 2 aromatic rings. The first-order valence-electron chi connectivity index (χ1n) is 7.70. The predicted molar refractivity (Wildman–Crippen MR) is 101 cm³/mol. The van der Waals surface area contributed by atoms with E-state index in [-0.39, 0.29) is 21.7 Å². The fourth-order valence-electron chi connectivity index (χ4n) is 2.44. The lowest BCUT2D eigenvalue weighted by Crippen LogP contribution is -2.26. The lowest BCUT2D eigenvalue weighted by molar-refractivity contribution is -0.115. The molecule has 0 spiro atoms. The van der Waals surface area contributed by atoms with E-state index < -0.39 is 10.0 Å². The average molecular weight is 394 g/mol. The Morgan fingerprint density at radius 1 is 1.12 bits per heavy atom. The number of carbonyl (C=O) groups is 1. The first-order valence-corrected chi connectivity index (χ1v) is 10.1. The van der Waals surface area contributed by atoms with Gasteiger partial charge in [-0.05, 0) is 37.3 Å². The summed E-state index contributed by atoms with van der Waals surface area (Å²) in [6.07, 6.45) is 0. The van der Waals surface area contributed by atoms with Gasteiger partial charge in [-0.15, -0.1) is 11.8 Å². The highest BCUT2D eigenvalue weighted by Crippen LogP contribution is 2.37. The number of sulfonamides is 1. The van der Waals surface area contributed by atoms with Crippen LogP contribution in [-0.2, 0) is 14.8 Å². The molecule has 2 aromatic carbocycles. The van der Waals surface area contributed by atoms with E-state index in [0.29, 0.717) is 17.2 Å². The Labute approximate surface area is 156 Å². The van der Waals surface area contributed by atoms with Crippen molar-refractivity contribution in [1.29, 1.82) is 0 Å². The van der Waals surface area contributed by atoms with Crippen LogP contribution in [0.3, 0.4) is 0 Å². The summed E-state index contributed by atoms with van der Waals surface area (Å²) in [5.74, 6) is 0.734. The number of anilines is 2. The molecule has 0 aromatic heterocycles. The van der Waals surface area contributed by atoms with Crippen LogP contribution in [0, 0.1) is 0 Å². The van der Waals surface area contributed by atoms with Crippen LogP contribution < -0.4 is 19.5 Å². The number of thioether (sulfide) groups is 1. The van der Waals surface area contributed by atoms with Crippen molar-refractivity contribution in [2.75, 3.05) is 24.3 Å². The van der Waals surface area contributed by atoms with Crippen molar-refractivity contribution in [2.24, 2.45) is 0 Å². The summed E-state index contributed by atoms with van der Waals surface area (Å²) < 4.78 is 38.3. The van der Waals surface area contributed by atoms with E-state index in [9.17, 15) is 13.2 Å². The number of ether oxygens (including phenoxy) is 2. The second kappa shape index (κ2) is 7.08. The summed E-state index contributed by atoms with van der Waals surface area (Å²) >= 11 is 1.39. The number of carbonyl (C=O) groups excluding carboxylic acids is 1. The van der Waals surface area contributed by atoms with Gasteiger partial charge in [-0.1, -0.05) is 0 Å². The van der Waals surface area contributed by atoms with E-state index >= 15 is 0 Å². The highest BCUT2D eigenvalue weighted by atomic mass is 32.2. The Hall–Kier alpha value is -2.39. The molecule has 2 N–H and O–H groups in total. The standard InChI is InChI=1S/C17H18N2O5S2/c1-10-17(20)18-14-9-12(5-7-16(14)25-10)26(21,22)19-13-6-4-11(23-2)8-15(13)24-3/h4-10,19H,1-3H3,(H,18,20). The van der Waals surface area contributed by atoms with Crippen LogP contribution in [0.5, 0.6) is 11.5 Å². The number of fused-ring (bicyclic) bond motifs is 1. The molecule has 1 unspecified atom stereocenters. The Balaban J connectivity index is 1.92. The molecule has 1 amide bonds. The summed E-state index contributed by atoms with van der Waals surface area (Å²) in [5.41, 5.74) is 0.778. The van der Waals surface area contributed by atoms with E-state index in [0.717, 1.165) is 4.90 Å². The van der Waals surface area contributed by atoms with Gasteiger partial charge < -0.3 is 14.8 Å². The predicted octanol–water partition coefficient (Wildman–Crippen LogP) is 2.94. The van der Waals surface area contributed by atoms with Crippen molar-refractivity contribution < 1.29 is 22.7 Å². The third-order valence-corrected chi connectivity index (χ3v) is 6.39. The number of hydrogen-bond acceptors (Lipinski definition) is 6. The first-order chi connectivity index (χ1) is 12.3. The molecule has 138 valence electrons. The fourth-order valence-corrected chi connectivity index (χ4v) is 4.47. The largest absolute Gasteiger partial charge is 0.497 e. The van der Waals surface area contributed by atoms with Crippen LogP contribution in [0.15, 0.2) is 46.2 Å². The van der Waals surface area contributed by atoms with Crippen molar-refractivity contribution in [3.05, 3.63) is 36.4 Å². The first kappa shape index (κ1) is 18.4. The zero-order chi connectivity index (χ0) is 18.9. The van der Waals surface area contributed by atoms with E-state index in [1.54, 1.807) is 31.2 Å². The molecule has 7 nitrogen and oxygen atoms in total. The minimum absolute atomic E-state index is 0.0459. The Morgan fingerprint density at radius 3 is 2.58 bits per heavy atom. The van der Waals surface area contributed by atoms with Crippen LogP contribution >= 0.6 is 11.8 Å². The number of benzene rings is 2. The number of methoxy groups -OCH3 is 2. The molecule has 1 atom stereocenters. The maximum Gasteiger partial charge on any atom is 0.262 e. The summed E-state index contributed by atoms with van der Waals surface area (Å²) in [6.45, 7) is 1.80. The highest BCUT2D eigenvalue weighted by molar-refractivity contribution is 8.01. The van der Waals surface area contributed by atoms with Gasteiger partial charge in [0.05, 0.1) is 35.7 Å². The van der Waals surface area contributed by atoms with Crippen molar-refractivity contribution in [3.63, 3.8) is 0 Å². The van der Waals surface area contributed by atoms with Gasteiger partial charge in [-0.25, -0.2) is 8.42 Å². The van der Waals surface area contributed by atoms with Gasteiger partial charge >= 0.3 is 0 Å². The third kappa shape index (κ3) is 3.58. The lowest BCUT2D eigenvalue weighted by Gasteiger charge is -2.22. The molecule has 0 saturated carbocycles. The number of amides is 1. The zero-order valence-corrected chi connectivity index (χ0v) is 16.0. The van der Waals surface area contributed by atoms with E-state index in [1.807, 2.05) is 0 Å². The molecular formula is C17H18N2O5S2. The molecule has 1 aliphatic heterocycles. The quantitative estimate of drug-likeness (QED) is 0.810. The van der Waals surface area contributed by atoms with Gasteiger partial charge in [-0.3, -0.25) is 9.52 Å². The fraction of sp³-hybridized carbons (Fsp3) is 0.235. The molecule has 3 rings (SSSR count). The van der Waals surface area contributed by atoms with Gasteiger partial charge in [0, 0.05) is 11.0 Å². The van der Waals surface area contributed by atoms with Crippen molar-refractivity contribution in [3.8, 4) is 11.5 Å². The maximum absolute atomic E-state index is 12.7. The second-order valence-electron chi connectivity index (χ2n) is 5.58. The highest BCUT2D eigenvalue weighted by Gasteiger charge is 2.25.